The van der Waals surface area contributed by atoms with Crippen LogP contribution in [-0.2, 0) is 9.47 Å². The van der Waals surface area contributed by atoms with Gasteiger partial charge in [-0.15, -0.1) is 0 Å². The van der Waals surface area contributed by atoms with Crippen molar-refractivity contribution >= 4 is 0 Å². The van der Waals surface area contributed by atoms with Gasteiger partial charge in [-0.25, -0.2) is 0 Å². The standard InChI is InChI=1S/C14H23NO3/c1-12(15-8-9-18-11-10-16-2)13-6-4-5-7-14(13)17-3/h4-7,12,15H,8-11H2,1-3H3. The normalized spacial score (nSPS) is 12.4. The van der Waals surface area contributed by atoms with E-state index in [1.165, 1.54) is 0 Å². The molecule has 0 aliphatic rings. The number of methoxy groups -OCH3 is 2. The molecule has 1 aromatic rings. The van der Waals surface area contributed by atoms with E-state index in [0.29, 0.717) is 19.8 Å². The number of hydrogen-bond acceptors (Lipinski definition) is 4. The minimum absolute atomic E-state index is 0.243. The molecule has 0 saturated carbocycles. The summed E-state index contributed by atoms with van der Waals surface area (Å²) >= 11 is 0. The van der Waals surface area contributed by atoms with Gasteiger partial charge in [-0.2, -0.15) is 0 Å². The maximum Gasteiger partial charge on any atom is 0.123 e. The largest absolute Gasteiger partial charge is 0.496 e. The van der Waals surface area contributed by atoms with Crippen LogP contribution < -0.4 is 10.1 Å². The van der Waals surface area contributed by atoms with Crippen molar-refractivity contribution in [2.24, 2.45) is 0 Å². The third-order valence-electron chi connectivity index (χ3n) is 2.73. The lowest BCUT2D eigenvalue weighted by molar-refractivity contribution is 0.0712. The van der Waals surface area contributed by atoms with E-state index in [9.17, 15) is 0 Å². The Morgan fingerprint density at radius 3 is 2.61 bits per heavy atom. The molecule has 18 heavy (non-hydrogen) atoms. The van der Waals surface area contributed by atoms with Crippen LogP contribution in [0.5, 0.6) is 5.75 Å². The second-order valence-electron chi connectivity index (χ2n) is 4.02. The van der Waals surface area contributed by atoms with Gasteiger partial charge in [0.05, 0.1) is 26.9 Å². The zero-order valence-corrected chi connectivity index (χ0v) is 11.4. The Labute approximate surface area is 109 Å². The van der Waals surface area contributed by atoms with Gasteiger partial charge < -0.3 is 19.5 Å². The summed E-state index contributed by atoms with van der Waals surface area (Å²) in [6.45, 7) is 4.89. The van der Waals surface area contributed by atoms with E-state index in [2.05, 4.69) is 18.3 Å². The van der Waals surface area contributed by atoms with E-state index >= 15 is 0 Å². The van der Waals surface area contributed by atoms with Crippen molar-refractivity contribution in [2.75, 3.05) is 40.6 Å². The Morgan fingerprint density at radius 1 is 1.11 bits per heavy atom. The van der Waals surface area contributed by atoms with Crippen LogP contribution >= 0.6 is 0 Å². The zero-order valence-electron chi connectivity index (χ0n) is 11.4. The first-order chi connectivity index (χ1) is 8.79. The van der Waals surface area contributed by atoms with Crippen LogP contribution in [0.1, 0.15) is 18.5 Å². The van der Waals surface area contributed by atoms with Crippen molar-refractivity contribution in [1.82, 2.24) is 5.32 Å². The number of nitrogens with one attached hydrogen (secondary N) is 1. The molecule has 0 saturated heterocycles. The first kappa shape index (κ1) is 15.0. The fourth-order valence-corrected chi connectivity index (χ4v) is 1.73. The number of benzene rings is 1. The maximum atomic E-state index is 5.40. The molecule has 102 valence electrons. The van der Waals surface area contributed by atoms with Gasteiger partial charge in [-0.1, -0.05) is 18.2 Å². The number of para-hydroxylation sites is 1. The molecular weight excluding hydrogens is 230 g/mol. The summed E-state index contributed by atoms with van der Waals surface area (Å²) in [5.74, 6) is 0.915. The van der Waals surface area contributed by atoms with Gasteiger partial charge >= 0.3 is 0 Å². The SMILES string of the molecule is COCCOCCNC(C)c1ccccc1OC. The highest BCUT2D eigenvalue weighted by molar-refractivity contribution is 5.35. The topological polar surface area (TPSA) is 39.7 Å². The third kappa shape index (κ3) is 5.04. The van der Waals surface area contributed by atoms with Gasteiger partial charge in [-0.05, 0) is 13.0 Å². The molecule has 0 amide bonds. The highest BCUT2D eigenvalue weighted by atomic mass is 16.5. The lowest BCUT2D eigenvalue weighted by Crippen LogP contribution is -2.24. The molecule has 0 fully saturated rings. The second-order valence-corrected chi connectivity index (χ2v) is 4.02. The first-order valence-electron chi connectivity index (χ1n) is 6.22. The van der Waals surface area contributed by atoms with Gasteiger partial charge in [-0.3, -0.25) is 0 Å². The molecule has 1 rings (SSSR count). The van der Waals surface area contributed by atoms with E-state index in [0.717, 1.165) is 17.9 Å². The lowest BCUT2D eigenvalue weighted by Gasteiger charge is -2.17. The Kier molecular flexibility index (Phi) is 7.41. The van der Waals surface area contributed by atoms with Gasteiger partial charge in [0, 0.05) is 25.3 Å². The van der Waals surface area contributed by atoms with Crippen LogP contribution in [0.3, 0.4) is 0 Å². The van der Waals surface area contributed by atoms with Crippen molar-refractivity contribution in [3.63, 3.8) is 0 Å². The first-order valence-corrected chi connectivity index (χ1v) is 6.22. The van der Waals surface area contributed by atoms with Crippen molar-refractivity contribution in [2.45, 2.75) is 13.0 Å². The summed E-state index contributed by atoms with van der Waals surface area (Å²) in [6.07, 6.45) is 0. The molecule has 0 aromatic heterocycles. The third-order valence-corrected chi connectivity index (χ3v) is 2.73. The lowest BCUT2D eigenvalue weighted by atomic mass is 10.1. The molecule has 1 atom stereocenters. The van der Waals surface area contributed by atoms with E-state index in [4.69, 9.17) is 14.2 Å². The second kappa shape index (κ2) is 8.91. The molecular formula is C14H23NO3. The zero-order chi connectivity index (χ0) is 13.2. The van der Waals surface area contributed by atoms with Crippen molar-refractivity contribution < 1.29 is 14.2 Å². The Balaban J connectivity index is 2.29. The van der Waals surface area contributed by atoms with Crippen molar-refractivity contribution in [1.29, 1.82) is 0 Å². The summed E-state index contributed by atoms with van der Waals surface area (Å²) in [7, 11) is 3.37. The van der Waals surface area contributed by atoms with E-state index in [-0.39, 0.29) is 6.04 Å². The molecule has 1 N–H and O–H groups in total. The van der Waals surface area contributed by atoms with Crippen LogP contribution in [0.25, 0.3) is 0 Å². The summed E-state index contributed by atoms with van der Waals surface area (Å²) in [5.41, 5.74) is 1.16. The Morgan fingerprint density at radius 2 is 1.89 bits per heavy atom. The quantitative estimate of drug-likeness (QED) is 0.683. The molecule has 0 spiro atoms. The Bertz CT molecular complexity index is 331. The molecule has 4 heteroatoms. The number of rotatable bonds is 9. The van der Waals surface area contributed by atoms with Crippen LogP contribution in [0.2, 0.25) is 0 Å². The highest BCUT2D eigenvalue weighted by Crippen LogP contribution is 2.23. The summed E-state index contributed by atoms with van der Waals surface area (Å²) < 4.78 is 15.6. The van der Waals surface area contributed by atoms with Crippen LogP contribution in [0, 0.1) is 0 Å². The van der Waals surface area contributed by atoms with Gasteiger partial charge in [0.15, 0.2) is 0 Å². The molecule has 0 aliphatic heterocycles. The summed E-state index contributed by atoms with van der Waals surface area (Å²) in [5, 5.41) is 3.40. The van der Waals surface area contributed by atoms with Gasteiger partial charge in [0.1, 0.15) is 5.75 Å². The minimum Gasteiger partial charge on any atom is -0.496 e. The van der Waals surface area contributed by atoms with Gasteiger partial charge in [0.2, 0.25) is 0 Å². The molecule has 0 heterocycles. The minimum atomic E-state index is 0.243. The summed E-state index contributed by atoms with van der Waals surface area (Å²) in [6, 6.07) is 8.28. The molecule has 0 aliphatic carbocycles. The van der Waals surface area contributed by atoms with E-state index < -0.39 is 0 Å². The smallest absolute Gasteiger partial charge is 0.123 e. The fourth-order valence-electron chi connectivity index (χ4n) is 1.73. The van der Waals surface area contributed by atoms with E-state index in [1.807, 2.05) is 18.2 Å². The van der Waals surface area contributed by atoms with Crippen molar-refractivity contribution in [3.05, 3.63) is 29.8 Å². The molecule has 0 bridgehead atoms. The summed E-state index contributed by atoms with van der Waals surface area (Å²) in [4.78, 5) is 0. The predicted molar refractivity (Wildman–Crippen MR) is 72.1 cm³/mol. The molecule has 1 aromatic carbocycles. The van der Waals surface area contributed by atoms with Crippen LogP contribution in [0.4, 0.5) is 0 Å². The maximum absolute atomic E-state index is 5.40. The molecule has 0 radical (unpaired) electrons. The van der Waals surface area contributed by atoms with Crippen molar-refractivity contribution in [3.8, 4) is 5.75 Å². The van der Waals surface area contributed by atoms with E-state index in [1.54, 1.807) is 14.2 Å². The molecule has 4 nitrogen and oxygen atoms in total. The van der Waals surface area contributed by atoms with Gasteiger partial charge in [0.25, 0.3) is 0 Å². The number of hydrogen-bond donors (Lipinski definition) is 1. The number of ether oxygens (including phenoxy) is 3. The average molecular weight is 253 g/mol. The monoisotopic (exact) mass is 253 g/mol. The average Bonchev–Trinajstić information content (AvgIpc) is 2.42. The highest BCUT2D eigenvalue weighted by Gasteiger charge is 2.09. The van der Waals surface area contributed by atoms with Crippen LogP contribution in [-0.4, -0.2) is 40.6 Å². The fraction of sp³-hybridized carbons (Fsp3) is 0.571. The molecule has 1 unspecified atom stereocenters. The predicted octanol–water partition coefficient (Wildman–Crippen LogP) is 2.01. The van der Waals surface area contributed by atoms with Crippen LogP contribution in [0.15, 0.2) is 24.3 Å². The Hall–Kier alpha value is -1.10.